The molecule has 2 aliphatic rings. The highest BCUT2D eigenvalue weighted by molar-refractivity contribution is 6.06. The van der Waals surface area contributed by atoms with Crippen LogP contribution >= 0.6 is 0 Å². The number of carbonyl (C=O) groups is 1. The number of carbonyl (C=O) groups excluding carboxylic acids is 1. The van der Waals surface area contributed by atoms with Gasteiger partial charge in [-0.3, -0.25) is 14.4 Å². The van der Waals surface area contributed by atoms with Crippen LogP contribution in [0.2, 0.25) is 0 Å². The van der Waals surface area contributed by atoms with Gasteiger partial charge in [-0.25, -0.2) is 24.9 Å². The number of aromatic nitrogens is 8. The predicted molar refractivity (Wildman–Crippen MR) is 141 cm³/mol. The number of benzene rings is 1. The van der Waals surface area contributed by atoms with Gasteiger partial charge in [0.15, 0.2) is 5.65 Å². The van der Waals surface area contributed by atoms with E-state index in [4.69, 9.17) is 4.98 Å². The van der Waals surface area contributed by atoms with E-state index in [0.717, 1.165) is 58.3 Å². The van der Waals surface area contributed by atoms with Crippen molar-refractivity contribution in [2.45, 2.75) is 45.9 Å². The van der Waals surface area contributed by atoms with Crippen LogP contribution in [0.4, 0.5) is 5.69 Å². The second kappa shape index (κ2) is 8.25. The summed E-state index contributed by atoms with van der Waals surface area (Å²) in [5.74, 6) is 1.43. The molecule has 0 bridgehead atoms. The first-order valence-electron chi connectivity index (χ1n) is 12.7. The molecule has 1 N–H and O–H groups in total. The summed E-state index contributed by atoms with van der Waals surface area (Å²) in [5, 5.41) is 7.49. The van der Waals surface area contributed by atoms with Crippen molar-refractivity contribution in [3.8, 4) is 22.6 Å². The van der Waals surface area contributed by atoms with Crippen LogP contribution in [0, 0.1) is 6.92 Å². The van der Waals surface area contributed by atoms with Gasteiger partial charge in [-0.05, 0) is 39.0 Å². The molecule has 0 radical (unpaired) electrons. The lowest BCUT2D eigenvalue weighted by Crippen LogP contribution is -2.51. The Morgan fingerprint density at radius 3 is 2.71 bits per heavy atom. The fraction of sp³-hybridized carbons (Fsp3) is 0.296. The first-order valence-corrected chi connectivity index (χ1v) is 12.7. The number of amides is 1. The summed E-state index contributed by atoms with van der Waals surface area (Å²) in [7, 11) is 0. The van der Waals surface area contributed by atoms with Gasteiger partial charge in [0.05, 0.1) is 17.8 Å². The summed E-state index contributed by atoms with van der Waals surface area (Å²) in [5.41, 5.74) is 5.91. The van der Waals surface area contributed by atoms with Crippen LogP contribution in [-0.4, -0.2) is 56.6 Å². The van der Waals surface area contributed by atoms with Crippen LogP contribution in [0.25, 0.3) is 33.8 Å². The summed E-state index contributed by atoms with van der Waals surface area (Å²) < 4.78 is 4.05. The highest BCUT2D eigenvalue weighted by Crippen LogP contribution is 2.43. The Kier molecular flexibility index (Phi) is 4.92. The van der Waals surface area contributed by atoms with E-state index in [0.29, 0.717) is 24.4 Å². The number of hydrogen-bond donors (Lipinski definition) is 1. The standard InChI is InChI=1S/C27H26N10O/c1-4-36-24(18-12-28-16(2)29-13-18)34-23-22(30-15-31-25(23)36)17-5-6-21-20(11-17)27(3,26(38)33-21)35-9-10-37-19(14-35)7-8-32-37/h5-8,11-13,15H,4,9-10,14H2,1-3H3,(H,33,38)/t27-/m1/s1. The number of nitrogens with zero attached hydrogens (tertiary/aromatic N) is 9. The van der Waals surface area contributed by atoms with Crippen molar-refractivity contribution in [1.29, 1.82) is 0 Å². The zero-order valence-electron chi connectivity index (χ0n) is 21.4. The average Bonchev–Trinajstić information content (AvgIpc) is 3.63. The van der Waals surface area contributed by atoms with Gasteiger partial charge in [0, 0.05) is 55.0 Å². The van der Waals surface area contributed by atoms with Gasteiger partial charge >= 0.3 is 0 Å². The van der Waals surface area contributed by atoms with Crippen LogP contribution < -0.4 is 5.32 Å². The van der Waals surface area contributed by atoms with Gasteiger partial charge in [-0.1, -0.05) is 6.07 Å². The minimum absolute atomic E-state index is 0.0256. The average molecular weight is 507 g/mol. The molecule has 38 heavy (non-hydrogen) atoms. The van der Waals surface area contributed by atoms with E-state index >= 15 is 0 Å². The molecular weight excluding hydrogens is 480 g/mol. The van der Waals surface area contributed by atoms with E-state index in [1.165, 1.54) is 0 Å². The molecule has 1 atom stereocenters. The Bertz CT molecular complexity index is 1720. The molecule has 0 fully saturated rings. The maximum absolute atomic E-state index is 13.4. The third kappa shape index (κ3) is 3.21. The first kappa shape index (κ1) is 22.7. The van der Waals surface area contributed by atoms with Crippen molar-refractivity contribution >= 4 is 22.8 Å². The van der Waals surface area contributed by atoms with Crippen molar-refractivity contribution in [3.63, 3.8) is 0 Å². The molecule has 0 aliphatic carbocycles. The van der Waals surface area contributed by atoms with Crippen LogP contribution in [0.15, 0.2) is 49.2 Å². The molecule has 11 heteroatoms. The molecule has 1 amide bonds. The molecule has 7 rings (SSSR count). The van der Waals surface area contributed by atoms with E-state index in [1.807, 2.05) is 47.5 Å². The Morgan fingerprint density at radius 1 is 1.05 bits per heavy atom. The molecule has 0 saturated heterocycles. The molecule has 5 aromatic rings. The number of fused-ring (bicyclic) bond motifs is 3. The van der Waals surface area contributed by atoms with Crippen LogP contribution in [0.1, 0.15) is 30.9 Å². The van der Waals surface area contributed by atoms with Crippen molar-refractivity contribution < 1.29 is 4.79 Å². The third-order valence-corrected chi connectivity index (χ3v) is 7.77. The molecular formula is C27H26N10O. The fourth-order valence-electron chi connectivity index (χ4n) is 5.63. The first-order chi connectivity index (χ1) is 18.5. The molecule has 190 valence electrons. The minimum Gasteiger partial charge on any atom is -0.324 e. The van der Waals surface area contributed by atoms with Gasteiger partial charge in [-0.15, -0.1) is 0 Å². The SMILES string of the molecule is CCn1c(-c2cnc(C)nc2)nc2c(-c3ccc4c(c3)[C@@](C)(N3CCn5nccc5C3)C(=O)N4)ncnc21. The fourth-order valence-corrected chi connectivity index (χ4v) is 5.63. The Morgan fingerprint density at radius 2 is 1.89 bits per heavy atom. The number of rotatable bonds is 4. The molecule has 2 aliphatic heterocycles. The van der Waals surface area contributed by atoms with Crippen LogP contribution in [-0.2, 0) is 30.0 Å². The summed E-state index contributed by atoms with van der Waals surface area (Å²) >= 11 is 0. The van der Waals surface area contributed by atoms with E-state index in [-0.39, 0.29) is 5.91 Å². The van der Waals surface area contributed by atoms with E-state index in [9.17, 15) is 4.79 Å². The van der Waals surface area contributed by atoms with E-state index < -0.39 is 5.54 Å². The minimum atomic E-state index is -0.819. The number of aryl methyl sites for hydroxylation is 2. The highest BCUT2D eigenvalue weighted by Gasteiger charge is 2.48. The lowest BCUT2D eigenvalue weighted by molar-refractivity contribution is -0.128. The number of hydrogen-bond acceptors (Lipinski definition) is 8. The maximum Gasteiger partial charge on any atom is 0.249 e. The van der Waals surface area contributed by atoms with Gasteiger partial charge in [0.25, 0.3) is 0 Å². The predicted octanol–water partition coefficient (Wildman–Crippen LogP) is 3.16. The highest BCUT2D eigenvalue weighted by atomic mass is 16.2. The van der Waals surface area contributed by atoms with Crippen molar-refractivity contribution in [1.82, 2.24) is 44.2 Å². The lowest BCUT2D eigenvalue weighted by atomic mass is 9.89. The Hall–Kier alpha value is -4.51. The normalized spacial score (nSPS) is 19.0. The van der Waals surface area contributed by atoms with Gasteiger partial charge in [-0.2, -0.15) is 5.10 Å². The summed E-state index contributed by atoms with van der Waals surface area (Å²) in [6, 6.07) is 8.03. The second-order valence-corrected chi connectivity index (χ2v) is 9.85. The zero-order valence-corrected chi connectivity index (χ0v) is 21.4. The second-order valence-electron chi connectivity index (χ2n) is 9.85. The number of anilines is 1. The van der Waals surface area contributed by atoms with Crippen molar-refractivity contribution in [2.75, 3.05) is 11.9 Å². The topological polar surface area (TPSA) is 120 Å². The zero-order chi connectivity index (χ0) is 26.0. The maximum atomic E-state index is 13.4. The number of nitrogens with one attached hydrogen (secondary N) is 1. The number of imidazole rings is 1. The summed E-state index contributed by atoms with van der Waals surface area (Å²) in [6.45, 7) is 8.72. The van der Waals surface area contributed by atoms with Gasteiger partial charge < -0.3 is 9.88 Å². The lowest BCUT2D eigenvalue weighted by Gasteiger charge is -2.39. The molecule has 1 aromatic carbocycles. The Balaban J connectivity index is 1.35. The largest absolute Gasteiger partial charge is 0.324 e. The van der Waals surface area contributed by atoms with Crippen LogP contribution in [0.5, 0.6) is 0 Å². The molecule has 4 aromatic heterocycles. The molecule has 0 spiro atoms. The van der Waals surface area contributed by atoms with E-state index in [2.05, 4.69) is 48.2 Å². The molecule has 0 saturated carbocycles. The summed E-state index contributed by atoms with van der Waals surface area (Å²) in [6.07, 6.45) is 6.95. The van der Waals surface area contributed by atoms with Gasteiger partial charge in [0.2, 0.25) is 5.91 Å². The Labute approximate surface area is 218 Å². The van der Waals surface area contributed by atoms with Crippen molar-refractivity contribution in [2.24, 2.45) is 0 Å². The molecule has 0 unspecified atom stereocenters. The van der Waals surface area contributed by atoms with Crippen molar-refractivity contribution in [3.05, 3.63) is 66.3 Å². The smallest absolute Gasteiger partial charge is 0.249 e. The summed E-state index contributed by atoms with van der Waals surface area (Å²) in [4.78, 5) is 38.5. The third-order valence-electron chi connectivity index (χ3n) is 7.77. The van der Waals surface area contributed by atoms with Gasteiger partial charge in [0.1, 0.15) is 34.7 Å². The molecule has 11 nitrogen and oxygen atoms in total. The van der Waals surface area contributed by atoms with E-state index in [1.54, 1.807) is 18.7 Å². The monoisotopic (exact) mass is 506 g/mol. The van der Waals surface area contributed by atoms with Crippen LogP contribution in [0.3, 0.4) is 0 Å². The molecule has 6 heterocycles. The quantitative estimate of drug-likeness (QED) is 0.395.